The summed E-state index contributed by atoms with van der Waals surface area (Å²) >= 11 is 0. The Kier molecular flexibility index (Phi) is 5.63. The molecule has 0 heteroatoms. The van der Waals surface area contributed by atoms with E-state index in [1.807, 2.05) is 6.08 Å². The van der Waals surface area contributed by atoms with E-state index in [9.17, 15) is 0 Å². The smallest absolute Gasteiger partial charge is 0.00134 e. The van der Waals surface area contributed by atoms with Gasteiger partial charge in [-0.2, -0.15) is 0 Å². The highest BCUT2D eigenvalue weighted by Crippen LogP contribution is 2.10. The summed E-state index contributed by atoms with van der Waals surface area (Å²) in [5, 5.41) is 0. The van der Waals surface area contributed by atoms with Crippen LogP contribution in [0.3, 0.4) is 0 Å². The quantitative estimate of drug-likeness (QED) is 0.455. The topological polar surface area (TPSA) is 0 Å². The molecule has 0 aromatic rings. The van der Waals surface area contributed by atoms with E-state index in [2.05, 4.69) is 43.5 Å². The van der Waals surface area contributed by atoms with Gasteiger partial charge in [0.25, 0.3) is 0 Å². The average Bonchev–Trinajstić information content (AvgIpc) is 2.32. The molecule has 0 nitrogen and oxygen atoms in total. The predicted molar refractivity (Wildman–Crippen MR) is 66.8 cm³/mol. The van der Waals surface area contributed by atoms with E-state index in [1.54, 1.807) is 0 Å². The highest BCUT2D eigenvalue weighted by Gasteiger charge is 1.92. The molecule has 1 aliphatic carbocycles. The molecule has 0 unspecified atom stereocenters. The van der Waals surface area contributed by atoms with Gasteiger partial charge in [-0.25, -0.2) is 0 Å². The summed E-state index contributed by atoms with van der Waals surface area (Å²) in [6, 6.07) is 0. The monoisotopic (exact) mass is 200 g/mol. The van der Waals surface area contributed by atoms with Gasteiger partial charge >= 0.3 is 0 Å². The summed E-state index contributed by atoms with van der Waals surface area (Å²) < 4.78 is 0. The highest BCUT2D eigenvalue weighted by molar-refractivity contribution is 5.24. The van der Waals surface area contributed by atoms with Crippen molar-refractivity contribution in [3.63, 3.8) is 0 Å². The molecule has 0 N–H and O–H groups in total. The summed E-state index contributed by atoms with van der Waals surface area (Å²) in [4.78, 5) is 0. The Hall–Kier alpha value is -1.22. The van der Waals surface area contributed by atoms with Crippen molar-refractivity contribution in [2.75, 3.05) is 0 Å². The first-order valence-corrected chi connectivity index (χ1v) is 5.86. The maximum atomic E-state index is 3.35. The minimum absolute atomic E-state index is 0.981. The van der Waals surface area contributed by atoms with E-state index in [4.69, 9.17) is 0 Å². The van der Waals surface area contributed by atoms with E-state index < -0.39 is 0 Å². The molecule has 1 aliphatic rings. The number of allylic oxidation sites excluding steroid dienone is 4. The van der Waals surface area contributed by atoms with E-state index in [1.165, 1.54) is 30.4 Å². The molecule has 0 radical (unpaired) electrons. The molecule has 0 saturated heterocycles. The molecule has 0 aromatic carbocycles. The lowest BCUT2D eigenvalue weighted by atomic mass is 10.1. The van der Waals surface area contributed by atoms with Crippen molar-refractivity contribution in [3.05, 3.63) is 46.9 Å². The Morgan fingerprint density at radius 3 is 2.93 bits per heavy atom. The Bertz CT molecular complexity index is 340. The molecule has 0 aliphatic heterocycles. The third-order valence-corrected chi connectivity index (χ3v) is 2.46. The normalized spacial score (nSPS) is 15.3. The van der Waals surface area contributed by atoms with Crippen LogP contribution in [-0.2, 0) is 0 Å². The molecule has 0 saturated carbocycles. The van der Waals surface area contributed by atoms with Gasteiger partial charge in [0.05, 0.1) is 0 Å². The Morgan fingerprint density at radius 2 is 2.13 bits per heavy atom. The van der Waals surface area contributed by atoms with Crippen molar-refractivity contribution in [2.45, 2.75) is 46.0 Å². The van der Waals surface area contributed by atoms with Crippen LogP contribution in [0.2, 0.25) is 0 Å². The van der Waals surface area contributed by atoms with Gasteiger partial charge < -0.3 is 0 Å². The Labute approximate surface area is 93.4 Å². The Balaban J connectivity index is 2.64. The fourth-order valence-corrected chi connectivity index (χ4v) is 1.52. The minimum atomic E-state index is 0.981. The van der Waals surface area contributed by atoms with Crippen LogP contribution >= 0.6 is 0 Å². The van der Waals surface area contributed by atoms with Crippen LogP contribution in [0.5, 0.6) is 0 Å². The first kappa shape index (κ1) is 11.9. The zero-order chi connectivity index (χ0) is 10.9. The van der Waals surface area contributed by atoms with Crippen LogP contribution in [-0.4, -0.2) is 0 Å². The zero-order valence-electron chi connectivity index (χ0n) is 9.84. The van der Waals surface area contributed by atoms with E-state index in [0.29, 0.717) is 0 Å². The fraction of sp³-hybridized carbons (Fsp3) is 0.467. The van der Waals surface area contributed by atoms with Gasteiger partial charge in [-0.3, -0.25) is 0 Å². The summed E-state index contributed by atoms with van der Waals surface area (Å²) in [5.41, 5.74) is 9.12. The molecular formula is C15H20. The molecule has 0 aromatic heterocycles. The van der Waals surface area contributed by atoms with Crippen molar-refractivity contribution >= 4 is 0 Å². The number of rotatable bonds is 4. The first-order valence-electron chi connectivity index (χ1n) is 5.86. The second-order valence-electron chi connectivity index (χ2n) is 3.97. The number of unbranched alkanes of at least 4 members (excludes halogenated alkanes) is 2. The van der Waals surface area contributed by atoms with Gasteiger partial charge in [0.15, 0.2) is 0 Å². The summed E-state index contributed by atoms with van der Waals surface area (Å²) in [5.74, 6) is 0. The lowest BCUT2D eigenvalue weighted by molar-refractivity contribution is 0.720. The molecule has 0 bridgehead atoms. The summed E-state index contributed by atoms with van der Waals surface area (Å²) in [7, 11) is 0. The van der Waals surface area contributed by atoms with Crippen LogP contribution in [0.25, 0.3) is 0 Å². The van der Waals surface area contributed by atoms with Crippen LogP contribution in [0.15, 0.2) is 46.9 Å². The van der Waals surface area contributed by atoms with E-state index in [0.717, 1.165) is 12.8 Å². The molecule has 1 rings (SSSR count). The average molecular weight is 200 g/mol. The van der Waals surface area contributed by atoms with Gasteiger partial charge in [-0.05, 0) is 50.0 Å². The largest absolute Gasteiger partial charge is 0.121 e. The summed E-state index contributed by atoms with van der Waals surface area (Å²) in [6.45, 7) is 4.34. The maximum absolute atomic E-state index is 3.35. The molecular weight excluding hydrogens is 180 g/mol. The van der Waals surface area contributed by atoms with Crippen molar-refractivity contribution in [2.24, 2.45) is 0 Å². The third kappa shape index (κ3) is 5.27. The molecule has 0 heterocycles. The van der Waals surface area contributed by atoms with Crippen LogP contribution in [0.1, 0.15) is 46.0 Å². The van der Waals surface area contributed by atoms with Gasteiger partial charge in [0.1, 0.15) is 0 Å². The SMILES string of the molecule is CCCCCC1=C=CCC=C(C)C=C=C1. The summed E-state index contributed by atoms with van der Waals surface area (Å²) in [6.07, 6.45) is 14.4. The second-order valence-corrected chi connectivity index (χ2v) is 3.97. The molecule has 0 amide bonds. The van der Waals surface area contributed by atoms with Crippen molar-refractivity contribution in [3.8, 4) is 0 Å². The van der Waals surface area contributed by atoms with Crippen molar-refractivity contribution in [1.29, 1.82) is 0 Å². The number of hydrogen-bond acceptors (Lipinski definition) is 0. The molecule has 0 spiro atoms. The van der Waals surface area contributed by atoms with Crippen molar-refractivity contribution in [1.82, 2.24) is 0 Å². The van der Waals surface area contributed by atoms with Gasteiger partial charge in [-0.1, -0.05) is 25.8 Å². The van der Waals surface area contributed by atoms with Gasteiger partial charge in [-0.15, -0.1) is 11.5 Å². The third-order valence-electron chi connectivity index (χ3n) is 2.46. The van der Waals surface area contributed by atoms with Crippen molar-refractivity contribution < 1.29 is 0 Å². The first-order chi connectivity index (χ1) is 7.33. The van der Waals surface area contributed by atoms with Crippen LogP contribution in [0.4, 0.5) is 0 Å². The zero-order valence-corrected chi connectivity index (χ0v) is 9.84. The maximum Gasteiger partial charge on any atom is 0.00134 e. The lowest BCUT2D eigenvalue weighted by Crippen LogP contribution is -1.78. The van der Waals surface area contributed by atoms with Crippen LogP contribution < -0.4 is 0 Å². The molecule has 80 valence electrons. The minimum Gasteiger partial charge on any atom is -0.121 e. The fourth-order valence-electron chi connectivity index (χ4n) is 1.52. The van der Waals surface area contributed by atoms with Gasteiger partial charge in [0, 0.05) is 5.57 Å². The van der Waals surface area contributed by atoms with Crippen LogP contribution in [0, 0.1) is 0 Å². The standard InChI is InChI=1S/C15H20/c1-3-4-5-11-15-12-7-6-9-14(2)10-8-13-15/h7,9-10,13H,3-6,11H2,1-2H3. The molecule has 15 heavy (non-hydrogen) atoms. The predicted octanol–water partition coefficient (Wildman–Crippen LogP) is 4.71. The second kappa shape index (κ2) is 7.12. The van der Waals surface area contributed by atoms with E-state index in [-0.39, 0.29) is 0 Å². The molecule has 0 fully saturated rings. The van der Waals surface area contributed by atoms with Gasteiger partial charge in [0.2, 0.25) is 0 Å². The van der Waals surface area contributed by atoms with E-state index >= 15 is 0 Å². The Morgan fingerprint density at radius 1 is 1.27 bits per heavy atom. The number of hydrogen-bond donors (Lipinski definition) is 0. The highest BCUT2D eigenvalue weighted by atomic mass is 14.0. The lowest BCUT2D eigenvalue weighted by Gasteiger charge is -1.96. The molecule has 0 atom stereocenters.